The molecule has 6 nitrogen and oxygen atoms in total. The van der Waals surface area contributed by atoms with Crippen LogP contribution in [0.3, 0.4) is 0 Å². The van der Waals surface area contributed by atoms with Gasteiger partial charge in [0.1, 0.15) is 5.69 Å². The van der Waals surface area contributed by atoms with Gasteiger partial charge in [-0.25, -0.2) is 14.8 Å². The number of nitrogens with one attached hydrogen (secondary N) is 1. The lowest BCUT2D eigenvalue weighted by molar-refractivity contribution is -0.123. The number of aromatic nitrogens is 2. The smallest absolute Gasteiger partial charge is 0.357 e. The number of hydrogen-bond acceptors (Lipinski definition) is 5. The third-order valence-electron chi connectivity index (χ3n) is 2.58. The molecule has 0 aliphatic heterocycles. The minimum absolute atomic E-state index is 0.116. The Morgan fingerprint density at radius 2 is 2.05 bits per heavy atom. The summed E-state index contributed by atoms with van der Waals surface area (Å²) in [6.07, 6.45) is 1.76. The molecule has 0 unspecified atom stereocenters. The normalized spacial score (nSPS) is 11.6. The van der Waals surface area contributed by atoms with Crippen molar-refractivity contribution in [1.82, 2.24) is 9.97 Å². The third kappa shape index (κ3) is 4.16. The van der Waals surface area contributed by atoms with Gasteiger partial charge in [0, 0.05) is 12.4 Å². The molecule has 114 valence electrons. The minimum atomic E-state index is -1.04. The van der Waals surface area contributed by atoms with E-state index in [1.54, 1.807) is 12.1 Å². The summed E-state index contributed by atoms with van der Waals surface area (Å²) in [5.74, 6) is -1.13. The number of rotatable bonds is 4. The average Bonchev–Trinajstić information content (AvgIpc) is 2.50. The Labute approximate surface area is 136 Å². The first-order chi connectivity index (χ1) is 10.5. The van der Waals surface area contributed by atoms with E-state index in [1.807, 2.05) is 0 Å². The fraction of sp³-hybridized carbons (Fsp3) is 0.143. The van der Waals surface area contributed by atoms with Crippen LogP contribution in [0.1, 0.15) is 17.4 Å². The average molecular weight is 340 g/mol. The van der Waals surface area contributed by atoms with E-state index in [-0.39, 0.29) is 16.5 Å². The van der Waals surface area contributed by atoms with E-state index in [0.29, 0.717) is 5.02 Å². The molecule has 0 aliphatic carbocycles. The van der Waals surface area contributed by atoms with E-state index in [2.05, 4.69) is 15.3 Å². The number of pyridine rings is 2. The molecule has 0 fully saturated rings. The molecule has 0 bridgehead atoms. The Bertz CT molecular complexity index is 695. The first kappa shape index (κ1) is 16.2. The predicted octanol–water partition coefficient (Wildman–Crippen LogP) is 2.97. The fourth-order valence-corrected chi connectivity index (χ4v) is 1.91. The molecule has 2 aromatic rings. The highest BCUT2D eigenvalue weighted by Gasteiger charge is 2.20. The zero-order valence-electron chi connectivity index (χ0n) is 11.4. The quantitative estimate of drug-likeness (QED) is 0.866. The maximum Gasteiger partial charge on any atom is 0.357 e. The summed E-state index contributed by atoms with van der Waals surface area (Å²) < 4.78 is 5.02. The number of nitrogens with zero attached hydrogens (tertiary/aromatic N) is 2. The van der Waals surface area contributed by atoms with E-state index in [0.717, 1.165) is 0 Å². The molecule has 1 amide bonds. The summed E-state index contributed by atoms with van der Waals surface area (Å²) >= 11 is 11.6. The van der Waals surface area contributed by atoms with Gasteiger partial charge in [0.25, 0.3) is 5.91 Å². The first-order valence-corrected chi connectivity index (χ1v) is 6.97. The molecule has 1 N–H and O–H groups in total. The van der Waals surface area contributed by atoms with Gasteiger partial charge < -0.3 is 10.1 Å². The van der Waals surface area contributed by atoms with E-state index >= 15 is 0 Å². The van der Waals surface area contributed by atoms with E-state index in [4.69, 9.17) is 27.9 Å². The molecule has 2 aromatic heterocycles. The van der Waals surface area contributed by atoms with Gasteiger partial charge in [-0.3, -0.25) is 4.79 Å². The molecule has 1 atom stereocenters. The Kier molecular flexibility index (Phi) is 5.30. The second kappa shape index (κ2) is 7.20. The largest absolute Gasteiger partial charge is 0.448 e. The summed E-state index contributed by atoms with van der Waals surface area (Å²) in [7, 11) is 0. The summed E-state index contributed by atoms with van der Waals surface area (Å²) in [4.78, 5) is 31.5. The molecule has 0 aliphatic rings. The lowest BCUT2D eigenvalue weighted by atomic mass is 10.3. The summed E-state index contributed by atoms with van der Waals surface area (Å²) in [6, 6.07) is 6.24. The molecule has 0 saturated carbocycles. The van der Waals surface area contributed by atoms with Gasteiger partial charge in [-0.1, -0.05) is 29.3 Å². The van der Waals surface area contributed by atoms with Crippen LogP contribution in [-0.4, -0.2) is 27.9 Å². The van der Waals surface area contributed by atoms with Gasteiger partial charge in [-0.05, 0) is 25.1 Å². The molecule has 2 rings (SSSR count). The summed E-state index contributed by atoms with van der Waals surface area (Å²) in [6.45, 7) is 1.43. The van der Waals surface area contributed by atoms with Crippen LogP contribution in [0.15, 0.2) is 36.7 Å². The number of esters is 1. The monoisotopic (exact) mass is 339 g/mol. The second-order valence-electron chi connectivity index (χ2n) is 4.24. The van der Waals surface area contributed by atoms with Crippen molar-refractivity contribution in [1.29, 1.82) is 0 Å². The first-order valence-electron chi connectivity index (χ1n) is 6.21. The molecule has 0 saturated heterocycles. The highest BCUT2D eigenvalue weighted by molar-refractivity contribution is 6.36. The molecule has 0 radical (unpaired) electrons. The van der Waals surface area contributed by atoms with Crippen molar-refractivity contribution >= 4 is 40.9 Å². The number of ether oxygens (including phenoxy) is 1. The molecule has 8 heteroatoms. The van der Waals surface area contributed by atoms with Gasteiger partial charge in [-0.15, -0.1) is 0 Å². The van der Waals surface area contributed by atoms with Gasteiger partial charge in [-0.2, -0.15) is 0 Å². The zero-order valence-corrected chi connectivity index (χ0v) is 12.9. The van der Waals surface area contributed by atoms with Gasteiger partial charge in [0.2, 0.25) is 0 Å². The minimum Gasteiger partial charge on any atom is -0.448 e. The van der Waals surface area contributed by atoms with Crippen LogP contribution in [0.2, 0.25) is 10.0 Å². The van der Waals surface area contributed by atoms with Gasteiger partial charge in [0.05, 0.1) is 10.0 Å². The maximum absolute atomic E-state index is 12.0. The van der Waals surface area contributed by atoms with Crippen molar-refractivity contribution in [3.63, 3.8) is 0 Å². The number of carbonyl (C=O) groups excluding carboxylic acids is 2. The van der Waals surface area contributed by atoms with Crippen LogP contribution in [0.4, 0.5) is 5.82 Å². The fourth-order valence-electron chi connectivity index (χ4n) is 1.48. The van der Waals surface area contributed by atoms with Crippen molar-refractivity contribution in [2.45, 2.75) is 13.0 Å². The van der Waals surface area contributed by atoms with Crippen molar-refractivity contribution in [3.8, 4) is 0 Å². The molecule has 2 heterocycles. The SMILES string of the molecule is C[C@H](OC(=O)c1ccccn1)C(=O)Nc1ncc(Cl)cc1Cl. The number of amides is 1. The number of halogens is 2. The Hall–Kier alpha value is -2.18. The van der Waals surface area contributed by atoms with Crippen LogP contribution in [0, 0.1) is 0 Å². The molecule has 0 spiro atoms. The topological polar surface area (TPSA) is 81.2 Å². The molecule has 0 aromatic carbocycles. The number of anilines is 1. The number of carbonyl (C=O) groups is 2. The van der Waals surface area contributed by atoms with Crippen LogP contribution in [-0.2, 0) is 9.53 Å². The summed E-state index contributed by atoms with van der Waals surface area (Å²) in [5.41, 5.74) is 0.116. The van der Waals surface area contributed by atoms with Crippen molar-refractivity contribution in [3.05, 3.63) is 52.4 Å². The van der Waals surface area contributed by atoms with E-state index in [9.17, 15) is 9.59 Å². The third-order valence-corrected chi connectivity index (χ3v) is 3.07. The van der Waals surface area contributed by atoms with E-state index in [1.165, 1.54) is 31.5 Å². The Morgan fingerprint density at radius 1 is 1.27 bits per heavy atom. The predicted molar refractivity (Wildman–Crippen MR) is 82.0 cm³/mol. The molecule has 22 heavy (non-hydrogen) atoms. The second-order valence-corrected chi connectivity index (χ2v) is 5.08. The van der Waals surface area contributed by atoms with Gasteiger partial charge >= 0.3 is 5.97 Å². The highest BCUT2D eigenvalue weighted by atomic mass is 35.5. The van der Waals surface area contributed by atoms with Crippen LogP contribution < -0.4 is 5.32 Å². The molecular weight excluding hydrogens is 329 g/mol. The Morgan fingerprint density at radius 3 is 2.68 bits per heavy atom. The molecular formula is C14H11Cl2N3O3. The van der Waals surface area contributed by atoms with E-state index < -0.39 is 18.0 Å². The standard InChI is InChI=1S/C14H11Cl2N3O3/c1-8(22-14(21)11-4-2-3-5-17-11)13(20)19-12-10(16)6-9(15)7-18-12/h2-8H,1H3,(H,18,19,20)/t8-/m0/s1. The number of hydrogen-bond donors (Lipinski definition) is 1. The lowest BCUT2D eigenvalue weighted by Crippen LogP contribution is -2.30. The van der Waals surface area contributed by atoms with Gasteiger partial charge in [0.15, 0.2) is 11.9 Å². The summed E-state index contributed by atoms with van der Waals surface area (Å²) in [5, 5.41) is 2.99. The van der Waals surface area contributed by atoms with Crippen LogP contribution in [0.25, 0.3) is 0 Å². The lowest BCUT2D eigenvalue weighted by Gasteiger charge is -2.13. The zero-order chi connectivity index (χ0) is 16.1. The van der Waals surface area contributed by atoms with Crippen LogP contribution >= 0.6 is 23.2 Å². The van der Waals surface area contributed by atoms with Crippen molar-refractivity contribution in [2.75, 3.05) is 5.32 Å². The van der Waals surface area contributed by atoms with Crippen LogP contribution in [0.5, 0.6) is 0 Å². The Balaban J connectivity index is 1.99. The van der Waals surface area contributed by atoms with Crippen molar-refractivity contribution in [2.24, 2.45) is 0 Å². The van der Waals surface area contributed by atoms with Crippen molar-refractivity contribution < 1.29 is 14.3 Å². The maximum atomic E-state index is 12.0. The highest BCUT2D eigenvalue weighted by Crippen LogP contribution is 2.22.